The van der Waals surface area contributed by atoms with Gasteiger partial charge in [0, 0.05) is 23.4 Å². The molecule has 2 aliphatic rings. The highest BCUT2D eigenvalue weighted by Gasteiger charge is 2.46. The number of fused-ring (bicyclic) bond motifs is 4. The van der Waals surface area contributed by atoms with Crippen LogP contribution in [-0.4, -0.2) is 53.3 Å². The molecule has 2 aliphatic heterocycles. The molecular weight excluding hydrogens is 481 g/mol. The van der Waals surface area contributed by atoms with Crippen LogP contribution in [-0.2, 0) is 6.42 Å². The molecule has 1 unspecified atom stereocenters. The molecule has 0 saturated heterocycles. The molecule has 0 radical (unpaired) electrons. The monoisotopic (exact) mass is 501 g/mol. The number of hydrogen-bond donors (Lipinski definition) is 2. The number of nitrogens with zero attached hydrogens (tertiary/aromatic N) is 1. The van der Waals surface area contributed by atoms with Crippen molar-refractivity contribution in [1.82, 2.24) is 4.90 Å². The highest BCUT2D eigenvalue weighted by Crippen LogP contribution is 2.56. The number of aliphatic hydroxyl groups is 2. The average Bonchev–Trinajstić information content (AvgIpc) is 2.76. The van der Waals surface area contributed by atoms with Crippen LogP contribution in [0.15, 0.2) is 24.3 Å². The lowest BCUT2D eigenvalue weighted by atomic mass is 9.86. The Bertz CT molecular complexity index is 1050. The van der Waals surface area contributed by atoms with E-state index in [4.69, 9.17) is 53.8 Å². The molecule has 10 heteroatoms. The number of benzene rings is 2. The minimum absolute atomic E-state index is 0.298. The Morgan fingerprint density at radius 1 is 1.00 bits per heavy atom. The van der Waals surface area contributed by atoms with Crippen LogP contribution in [0.5, 0.6) is 23.0 Å². The van der Waals surface area contributed by atoms with Gasteiger partial charge in [0.05, 0.1) is 14.2 Å². The SMILES string of the molecule is COc1ccc2c(c1OC)C(C(Cl)(Cl)Cl)N1CCc3cc(OCO)c(OCO)cc3C1=C2. The molecule has 1 atom stereocenters. The number of hydrogen-bond acceptors (Lipinski definition) is 7. The summed E-state index contributed by atoms with van der Waals surface area (Å²) in [5, 5.41) is 18.5. The lowest BCUT2D eigenvalue weighted by Crippen LogP contribution is -2.41. The van der Waals surface area contributed by atoms with E-state index in [1.807, 2.05) is 23.1 Å². The van der Waals surface area contributed by atoms with Crippen molar-refractivity contribution in [2.75, 3.05) is 34.4 Å². The minimum atomic E-state index is -1.67. The molecule has 4 rings (SSSR count). The van der Waals surface area contributed by atoms with Gasteiger partial charge in [-0.05, 0) is 41.8 Å². The first kappa shape index (κ1) is 23.1. The maximum atomic E-state index is 9.29. The van der Waals surface area contributed by atoms with Crippen LogP contribution < -0.4 is 18.9 Å². The van der Waals surface area contributed by atoms with E-state index in [1.165, 1.54) is 0 Å². The van der Waals surface area contributed by atoms with Crippen molar-refractivity contribution in [3.63, 3.8) is 0 Å². The first-order valence-electron chi connectivity index (χ1n) is 9.78. The van der Waals surface area contributed by atoms with E-state index in [2.05, 4.69) is 0 Å². The predicted molar refractivity (Wildman–Crippen MR) is 123 cm³/mol. The Labute approximate surface area is 200 Å². The maximum Gasteiger partial charge on any atom is 0.214 e. The largest absolute Gasteiger partial charge is 0.493 e. The van der Waals surface area contributed by atoms with Crippen LogP contribution in [0.2, 0.25) is 0 Å². The van der Waals surface area contributed by atoms with Gasteiger partial charge in [0.25, 0.3) is 0 Å². The third-order valence-electron chi connectivity index (χ3n) is 5.62. The molecule has 2 N–H and O–H groups in total. The number of methoxy groups -OCH3 is 2. The summed E-state index contributed by atoms with van der Waals surface area (Å²) in [4.78, 5) is 2.02. The standard InChI is InChI=1S/C22H22Cl3NO6/c1-29-16-4-3-13-7-15-14-9-18(32-11-28)17(31-10-27)8-12(14)5-6-26(15)21(22(23,24)25)19(13)20(16)30-2/h3-4,7-9,21,27-28H,5-6,10-11H2,1-2H3. The Morgan fingerprint density at radius 3 is 2.28 bits per heavy atom. The number of alkyl halides is 3. The van der Waals surface area contributed by atoms with Gasteiger partial charge in [0.1, 0.15) is 6.04 Å². The van der Waals surface area contributed by atoms with E-state index in [0.29, 0.717) is 36.0 Å². The fourth-order valence-electron chi connectivity index (χ4n) is 4.37. The van der Waals surface area contributed by atoms with E-state index >= 15 is 0 Å². The molecule has 0 amide bonds. The number of halogens is 3. The topological polar surface area (TPSA) is 80.6 Å². The van der Waals surface area contributed by atoms with Crippen LogP contribution in [0.1, 0.15) is 28.3 Å². The zero-order valence-electron chi connectivity index (χ0n) is 17.4. The second-order valence-electron chi connectivity index (χ2n) is 7.22. The summed E-state index contributed by atoms with van der Waals surface area (Å²) >= 11 is 19.6. The summed E-state index contributed by atoms with van der Waals surface area (Å²) in [5.41, 5.74) is 4.23. The zero-order chi connectivity index (χ0) is 23.0. The van der Waals surface area contributed by atoms with Crippen molar-refractivity contribution >= 4 is 46.6 Å². The van der Waals surface area contributed by atoms with Crippen LogP contribution in [0.25, 0.3) is 11.8 Å². The molecular formula is C22H22Cl3NO6. The lowest BCUT2D eigenvalue weighted by molar-refractivity contribution is 0.0742. The van der Waals surface area contributed by atoms with Gasteiger partial charge in [-0.25, -0.2) is 0 Å². The van der Waals surface area contributed by atoms with Gasteiger partial charge in [-0.2, -0.15) is 0 Å². The molecule has 2 heterocycles. The molecule has 0 aliphatic carbocycles. The Hall–Kier alpha value is -2.03. The summed E-state index contributed by atoms with van der Waals surface area (Å²) in [7, 11) is 3.12. The number of rotatable bonds is 6. The Morgan fingerprint density at radius 2 is 1.69 bits per heavy atom. The summed E-state index contributed by atoms with van der Waals surface area (Å²) in [6.07, 6.45) is 2.63. The van der Waals surface area contributed by atoms with Crippen LogP contribution >= 0.6 is 34.8 Å². The smallest absolute Gasteiger partial charge is 0.214 e. The molecule has 2 aromatic carbocycles. The van der Waals surface area contributed by atoms with Gasteiger partial charge in [-0.1, -0.05) is 40.9 Å². The van der Waals surface area contributed by atoms with Gasteiger partial charge < -0.3 is 34.1 Å². The van der Waals surface area contributed by atoms with E-state index in [1.54, 1.807) is 26.4 Å². The molecule has 32 heavy (non-hydrogen) atoms. The first-order valence-corrected chi connectivity index (χ1v) is 10.9. The summed E-state index contributed by atoms with van der Waals surface area (Å²) in [5.74, 6) is 1.70. The molecule has 172 valence electrons. The fourth-order valence-corrected chi connectivity index (χ4v) is 5.06. The highest BCUT2D eigenvalue weighted by atomic mass is 35.6. The van der Waals surface area contributed by atoms with Gasteiger partial charge in [0.2, 0.25) is 3.79 Å². The second-order valence-corrected chi connectivity index (χ2v) is 9.59. The van der Waals surface area contributed by atoms with E-state index in [9.17, 15) is 10.2 Å². The minimum Gasteiger partial charge on any atom is -0.493 e. The third kappa shape index (κ3) is 3.93. The quantitative estimate of drug-likeness (QED) is 0.454. The fraction of sp³-hybridized carbons (Fsp3) is 0.364. The van der Waals surface area contributed by atoms with Crippen molar-refractivity contribution in [3.05, 3.63) is 46.5 Å². The van der Waals surface area contributed by atoms with Crippen LogP contribution in [0, 0.1) is 0 Å². The zero-order valence-corrected chi connectivity index (χ0v) is 19.7. The molecule has 0 saturated carbocycles. The number of aliphatic hydroxyl groups excluding tert-OH is 2. The summed E-state index contributed by atoms with van der Waals surface area (Å²) in [6, 6.07) is 6.62. The highest BCUT2D eigenvalue weighted by molar-refractivity contribution is 6.68. The molecule has 0 aromatic heterocycles. The van der Waals surface area contributed by atoms with Crippen molar-refractivity contribution in [1.29, 1.82) is 0 Å². The molecule has 0 bridgehead atoms. The van der Waals surface area contributed by atoms with E-state index in [-0.39, 0.29) is 0 Å². The summed E-state index contributed by atoms with van der Waals surface area (Å²) < 4.78 is 20.1. The molecule has 0 spiro atoms. The van der Waals surface area contributed by atoms with Crippen molar-refractivity contribution in [2.45, 2.75) is 16.3 Å². The summed E-state index contributed by atoms with van der Waals surface area (Å²) in [6.45, 7) is -0.490. The van der Waals surface area contributed by atoms with Crippen molar-refractivity contribution in [2.24, 2.45) is 0 Å². The van der Waals surface area contributed by atoms with E-state index < -0.39 is 23.4 Å². The molecule has 2 aromatic rings. The van der Waals surface area contributed by atoms with Crippen LogP contribution in [0.4, 0.5) is 0 Å². The predicted octanol–water partition coefficient (Wildman–Crippen LogP) is 4.14. The Kier molecular flexibility index (Phi) is 6.56. The Balaban J connectivity index is 1.95. The van der Waals surface area contributed by atoms with Crippen molar-refractivity contribution < 1.29 is 29.2 Å². The molecule has 7 nitrogen and oxygen atoms in total. The maximum absolute atomic E-state index is 9.29. The third-order valence-corrected chi connectivity index (χ3v) is 6.24. The van der Waals surface area contributed by atoms with Gasteiger partial charge in [-0.3, -0.25) is 0 Å². The number of ether oxygens (including phenoxy) is 4. The normalized spacial score (nSPS) is 17.0. The van der Waals surface area contributed by atoms with Crippen molar-refractivity contribution in [3.8, 4) is 23.0 Å². The second kappa shape index (κ2) is 9.08. The molecule has 0 fully saturated rings. The van der Waals surface area contributed by atoms with Crippen LogP contribution in [0.3, 0.4) is 0 Å². The van der Waals surface area contributed by atoms with E-state index in [0.717, 1.165) is 28.0 Å². The average molecular weight is 503 g/mol. The van der Waals surface area contributed by atoms with Gasteiger partial charge >= 0.3 is 0 Å². The first-order chi connectivity index (χ1) is 15.3. The van der Waals surface area contributed by atoms with Gasteiger partial charge in [0.15, 0.2) is 36.6 Å². The van der Waals surface area contributed by atoms with Gasteiger partial charge in [-0.15, -0.1) is 0 Å². The lowest BCUT2D eigenvalue weighted by Gasteiger charge is -2.46.